The zero-order valence-corrected chi connectivity index (χ0v) is 18.6. The Kier molecular flexibility index (Phi) is 5.66. The van der Waals surface area contributed by atoms with E-state index in [1.54, 1.807) is 12.1 Å². The highest BCUT2D eigenvalue weighted by molar-refractivity contribution is 6.36. The predicted molar refractivity (Wildman–Crippen MR) is 124 cm³/mol. The number of carbonyl (C=O) groups is 2. The summed E-state index contributed by atoms with van der Waals surface area (Å²) in [6.45, 7) is 8.03. The number of anilines is 1. The molecule has 3 aromatic rings. The summed E-state index contributed by atoms with van der Waals surface area (Å²) in [4.78, 5) is 28.1. The minimum atomic E-state index is -0.396. The molecule has 1 heterocycles. The van der Waals surface area contributed by atoms with Crippen LogP contribution in [0, 0.1) is 33.5 Å². The molecule has 5 heteroatoms. The number of nitrogens with zero attached hydrogens (tertiary/aromatic N) is 1. The summed E-state index contributed by atoms with van der Waals surface area (Å²) in [6, 6.07) is 17.5. The molecule has 0 aromatic heterocycles. The number of carbonyl (C=O) groups excluding carboxylic acids is 2. The molecule has 1 N–H and O–H groups in total. The standard InChI is InChI=1S/C27H25FN2O2/c1-16-5-12-23(19(4)13-16)29-25-24(21-9-6-17(2)18(3)14-21)26(31)30(27(25)32)15-20-7-10-22(28)11-8-20/h5-14,29H,15H2,1-4H3. The largest absolute Gasteiger partial charge is 0.350 e. The van der Waals surface area contributed by atoms with Crippen LogP contribution in [0.2, 0.25) is 0 Å². The van der Waals surface area contributed by atoms with Gasteiger partial charge >= 0.3 is 0 Å². The van der Waals surface area contributed by atoms with Crippen molar-refractivity contribution in [1.29, 1.82) is 0 Å². The van der Waals surface area contributed by atoms with Crippen molar-refractivity contribution in [3.05, 3.63) is 106 Å². The second-order valence-corrected chi connectivity index (χ2v) is 8.32. The van der Waals surface area contributed by atoms with Crippen LogP contribution in [0.25, 0.3) is 5.57 Å². The fourth-order valence-corrected chi connectivity index (χ4v) is 3.86. The van der Waals surface area contributed by atoms with E-state index in [4.69, 9.17) is 0 Å². The van der Waals surface area contributed by atoms with Gasteiger partial charge in [0, 0.05) is 5.69 Å². The fraction of sp³-hybridized carbons (Fsp3) is 0.185. The smallest absolute Gasteiger partial charge is 0.278 e. The maximum absolute atomic E-state index is 13.5. The van der Waals surface area contributed by atoms with Gasteiger partial charge in [-0.25, -0.2) is 4.39 Å². The summed E-state index contributed by atoms with van der Waals surface area (Å²) in [7, 11) is 0. The third kappa shape index (κ3) is 4.06. The number of imide groups is 1. The second-order valence-electron chi connectivity index (χ2n) is 8.32. The van der Waals surface area contributed by atoms with Gasteiger partial charge in [-0.2, -0.15) is 0 Å². The maximum atomic E-state index is 13.5. The molecule has 0 saturated heterocycles. The highest BCUT2D eigenvalue weighted by atomic mass is 19.1. The number of halogens is 1. The van der Waals surface area contributed by atoms with Crippen molar-refractivity contribution in [2.24, 2.45) is 0 Å². The third-order valence-corrected chi connectivity index (χ3v) is 5.86. The lowest BCUT2D eigenvalue weighted by Gasteiger charge is -2.16. The molecule has 1 aliphatic rings. The maximum Gasteiger partial charge on any atom is 0.278 e. The minimum Gasteiger partial charge on any atom is -0.350 e. The molecule has 1 aliphatic heterocycles. The summed E-state index contributed by atoms with van der Waals surface area (Å²) >= 11 is 0. The SMILES string of the molecule is Cc1ccc(NC2=C(c3ccc(C)c(C)c3)C(=O)N(Cc3ccc(F)cc3)C2=O)c(C)c1. The van der Waals surface area contributed by atoms with Crippen LogP contribution < -0.4 is 5.32 Å². The van der Waals surface area contributed by atoms with Crippen LogP contribution >= 0.6 is 0 Å². The summed E-state index contributed by atoms with van der Waals surface area (Å²) < 4.78 is 13.3. The van der Waals surface area contributed by atoms with Crippen LogP contribution in [-0.2, 0) is 16.1 Å². The zero-order valence-electron chi connectivity index (χ0n) is 18.6. The molecule has 0 atom stereocenters. The van der Waals surface area contributed by atoms with Gasteiger partial charge in [0.15, 0.2) is 0 Å². The molecular weight excluding hydrogens is 403 g/mol. The number of hydrogen-bond acceptors (Lipinski definition) is 3. The van der Waals surface area contributed by atoms with E-state index in [2.05, 4.69) is 5.32 Å². The summed E-state index contributed by atoms with van der Waals surface area (Å²) in [6.07, 6.45) is 0. The third-order valence-electron chi connectivity index (χ3n) is 5.86. The van der Waals surface area contributed by atoms with Gasteiger partial charge in [0.1, 0.15) is 11.5 Å². The quantitative estimate of drug-likeness (QED) is 0.550. The normalized spacial score (nSPS) is 13.8. The number of amides is 2. The molecule has 2 amide bonds. The number of rotatable bonds is 5. The lowest BCUT2D eigenvalue weighted by molar-refractivity contribution is -0.137. The average molecular weight is 429 g/mol. The molecule has 0 spiro atoms. The van der Waals surface area contributed by atoms with E-state index in [0.717, 1.165) is 27.9 Å². The second kappa shape index (κ2) is 8.42. The Bertz CT molecular complexity index is 1260. The molecule has 3 aromatic carbocycles. The highest BCUT2D eigenvalue weighted by Crippen LogP contribution is 2.33. The number of nitrogens with one attached hydrogen (secondary N) is 1. The van der Waals surface area contributed by atoms with Crippen LogP contribution in [0.4, 0.5) is 10.1 Å². The number of aryl methyl sites for hydroxylation is 4. The molecule has 4 nitrogen and oxygen atoms in total. The van der Waals surface area contributed by atoms with E-state index in [1.165, 1.54) is 17.0 Å². The van der Waals surface area contributed by atoms with Crippen molar-refractivity contribution in [2.75, 3.05) is 5.32 Å². The molecule has 0 bridgehead atoms. The lowest BCUT2D eigenvalue weighted by Crippen LogP contribution is -2.32. The van der Waals surface area contributed by atoms with Crippen LogP contribution in [0.5, 0.6) is 0 Å². The average Bonchev–Trinajstić information content (AvgIpc) is 2.98. The van der Waals surface area contributed by atoms with Crippen LogP contribution in [0.1, 0.15) is 33.4 Å². The van der Waals surface area contributed by atoms with Crippen molar-refractivity contribution < 1.29 is 14.0 Å². The summed E-state index contributed by atoms with van der Waals surface area (Å²) in [5.74, 6) is -1.12. The van der Waals surface area contributed by atoms with Gasteiger partial charge in [-0.05, 0) is 73.7 Å². The molecule has 32 heavy (non-hydrogen) atoms. The first-order valence-corrected chi connectivity index (χ1v) is 10.5. The van der Waals surface area contributed by atoms with Gasteiger partial charge < -0.3 is 5.32 Å². The van der Waals surface area contributed by atoms with E-state index in [1.807, 2.05) is 64.1 Å². The molecule has 0 unspecified atom stereocenters. The molecular formula is C27H25FN2O2. The van der Waals surface area contributed by atoms with E-state index >= 15 is 0 Å². The van der Waals surface area contributed by atoms with Crippen molar-refractivity contribution in [1.82, 2.24) is 4.90 Å². The van der Waals surface area contributed by atoms with Crippen LogP contribution in [-0.4, -0.2) is 16.7 Å². The Labute approximate surface area is 187 Å². The van der Waals surface area contributed by atoms with Crippen molar-refractivity contribution in [3.63, 3.8) is 0 Å². The van der Waals surface area contributed by atoms with E-state index < -0.39 is 5.91 Å². The summed E-state index contributed by atoms with van der Waals surface area (Å²) in [5, 5.41) is 3.23. The fourth-order valence-electron chi connectivity index (χ4n) is 3.86. The monoisotopic (exact) mass is 428 g/mol. The van der Waals surface area contributed by atoms with Gasteiger partial charge in [-0.15, -0.1) is 0 Å². The number of hydrogen-bond donors (Lipinski definition) is 1. The molecule has 0 fully saturated rings. The molecule has 0 saturated carbocycles. The van der Waals surface area contributed by atoms with Gasteiger partial charge in [0.05, 0.1) is 12.1 Å². The topological polar surface area (TPSA) is 49.4 Å². The Morgan fingerprint density at radius 3 is 2.16 bits per heavy atom. The van der Waals surface area contributed by atoms with Gasteiger partial charge in [-0.1, -0.05) is 48.0 Å². The minimum absolute atomic E-state index is 0.0738. The van der Waals surface area contributed by atoms with Crippen molar-refractivity contribution in [2.45, 2.75) is 34.2 Å². The van der Waals surface area contributed by atoms with Crippen LogP contribution in [0.15, 0.2) is 66.4 Å². The van der Waals surface area contributed by atoms with Gasteiger partial charge in [0.2, 0.25) is 0 Å². The van der Waals surface area contributed by atoms with E-state index in [-0.39, 0.29) is 24.0 Å². The van der Waals surface area contributed by atoms with E-state index in [9.17, 15) is 14.0 Å². The first-order chi connectivity index (χ1) is 15.2. The van der Waals surface area contributed by atoms with E-state index in [0.29, 0.717) is 16.7 Å². The summed E-state index contributed by atoms with van der Waals surface area (Å²) in [5.41, 5.74) is 7.00. The predicted octanol–water partition coefficient (Wildman–Crippen LogP) is 5.45. The van der Waals surface area contributed by atoms with Gasteiger partial charge in [0.25, 0.3) is 11.8 Å². The van der Waals surface area contributed by atoms with Crippen molar-refractivity contribution in [3.8, 4) is 0 Å². The highest BCUT2D eigenvalue weighted by Gasteiger charge is 2.39. The Balaban J connectivity index is 1.77. The Morgan fingerprint density at radius 2 is 1.50 bits per heavy atom. The molecule has 4 rings (SSSR count). The molecule has 162 valence electrons. The Hall–Kier alpha value is -3.73. The molecule has 0 radical (unpaired) electrons. The first kappa shape index (κ1) is 21.5. The Morgan fingerprint density at radius 1 is 0.781 bits per heavy atom. The first-order valence-electron chi connectivity index (χ1n) is 10.5. The number of benzene rings is 3. The van der Waals surface area contributed by atoms with Crippen molar-refractivity contribution >= 4 is 23.1 Å². The lowest BCUT2D eigenvalue weighted by atomic mass is 9.99. The van der Waals surface area contributed by atoms with Crippen LogP contribution in [0.3, 0.4) is 0 Å². The zero-order chi connectivity index (χ0) is 23.0. The van der Waals surface area contributed by atoms with Gasteiger partial charge in [-0.3, -0.25) is 14.5 Å². The molecule has 0 aliphatic carbocycles.